The highest BCUT2D eigenvalue weighted by atomic mass is 16.5. The van der Waals surface area contributed by atoms with Crippen LogP contribution in [0.25, 0.3) is 0 Å². The van der Waals surface area contributed by atoms with Crippen molar-refractivity contribution in [1.29, 1.82) is 0 Å². The molecule has 1 saturated heterocycles. The van der Waals surface area contributed by atoms with Crippen LogP contribution < -0.4 is 4.74 Å². The molecule has 2 fully saturated rings. The molecule has 1 aliphatic carbocycles. The Morgan fingerprint density at radius 3 is 2.48 bits per heavy atom. The molecular formula is C18H24N2O3. The average Bonchev–Trinajstić information content (AvgIpc) is 3.17. The number of rotatable bonds is 5. The number of likely N-dealkylation sites (N-methyl/N-ethyl adjacent to an activating group) is 1. The highest BCUT2D eigenvalue weighted by molar-refractivity contribution is 5.88. The lowest BCUT2D eigenvalue weighted by Crippen LogP contribution is -2.40. The van der Waals surface area contributed by atoms with Crippen LogP contribution in [0.5, 0.6) is 5.75 Å². The van der Waals surface area contributed by atoms with Gasteiger partial charge in [0.2, 0.25) is 11.8 Å². The molecule has 1 aliphatic heterocycles. The van der Waals surface area contributed by atoms with Gasteiger partial charge in [0.05, 0.1) is 13.7 Å². The van der Waals surface area contributed by atoms with E-state index in [1.807, 2.05) is 29.2 Å². The molecule has 2 aliphatic rings. The van der Waals surface area contributed by atoms with Crippen molar-refractivity contribution in [2.45, 2.75) is 25.2 Å². The molecule has 1 heterocycles. The van der Waals surface area contributed by atoms with E-state index < -0.39 is 0 Å². The van der Waals surface area contributed by atoms with E-state index in [1.165, 1.54) is 5.56 Å². The third-order valence-corrected chi connectivity index (χ3v) is 4.86. The van der Waals surface area contributed by atoms with E-state index in [9.17, 15) is 9.59 Å². The molecule has 1 aromatic rings. The highest BCUT2D eigenvalue weighted by Crippen LogP contribution is 2.48. The van der Waals surface area contributed by atoms with Crippen LogP contribution in [-0.2, 0) is 9.59 Å². The Bertz CT molecular complexity index is 578. The van der Waals surface area contributed by atoms with Gasteiger partial charge in [-0.05, 0) is 42.9 Å². The summed E-state index contributed by atoms with van der Waals surface area (Å²) < 4.78 is 5.16. The second-order valence-electron chi connectivity index (χ2n) is 6.50. The maximum Gasteiger partial charge on any atom is 0.242 e. The predicted octanol–water partition coefficient (Wildman–Crippen LogP) is 1.88. The fourth-order valence-corrected chi connectivity index (χ4v) is 3.32. The topological polar surface area (TPSA) is 49.9 Å². The number of hydrogen-bond acceptors (Lipinski definition) is 3. The van der Waals surface area contributed by atoms with Gasteiger partial charge >= 0.3 is 0 Å². The Kier molecular flexibility index (Phi) is 4.55. The first kappa shape index (κ1) is 15.8. The summed E-state index contributed by atoms with van der Waals surface area (Å²) in [6.07, 6.45) is 3.02. The van der Waals surface area contributed by atoms with Gasteiger partial charge in [-0.3, -0.25) is 9.59 Å². The number of benzene rings is 1. The fraction of sp³-hybridized carbons (Fsp3) is 0.556. The molecule has 0 radical (unpaired) electrons. The van der Waals surface area contributed by atoms with Crippen molar-refractivity contribution >= 4 is 11.8 Å². The maximum atomic E-state index is 12.5. The van der Waals surface area contributed by atoms with Crippen molar-refractivity contribution in [2.24, 2.45) is 5.92 Å². The van der Waals surface area contributed by atoms with Crippen molar-refractivity contribution in [3.05, 3.63) is 29.8 Å². The molecular weight excluding hydrogens is 292 g/mol. The van der Waals surface area contributed by atoms with Crippen LogP contribution in [-0.4, -0.2) is 55.4 Å². The summed E-state index contributed by atoms with van der Waals surface area (Å²) in [7, 11) is 3.38. The lowest BCUT2D eigenvalue weighted by atomic mass is 10.1. The Morgan fingerprint density at radius 1 is 1.22 bits per heavy atom. The van der Waals surface area contributed by atoms with Gasteiger partial charge in [0.1, 0.15) is 5.75 Å². The van der Waals surface area contributed by atoms with E-state index in [2.05, 4.69) is 0 Å². The first-order chi connectivity index (χ1) is 11.1. The van der Waals surface area contributed by atoms with Crippen LogP contribution in [0.1, 0.15) is 30.7 Å². The van der Waals surface area contributed by atoms with Gasteiger partial charge in [0, 0.05) is 26.1 Å². The van der Waals surface area contributed by atoms with Gasteiger partial charge in [-0.2, -0.15) is 0 Å². The molecule has 0 N–H and O–H groups in total. The first-order valence-corrected chi connectivity index (χ1v) is 8.27. The van der Waals surface area contributed by atoms with Crippen molar-refractivity contribution in [2.75, 3.05) is 33.8 Å². The van der Waals surface area contributed by atoms with Gasteiger partial charge in [-0.25, -0.2) is 0 Å². The van der Waals surface area contributed by atoms with E-state index in [0.717, 1.165) is 38.1 Å². The van der Waals surface area contributed by atoms with Crippen LogP contribution in [0.2, 0.25) is 0 Å². The molecule has 2 atom stereocenters. The minimum Gasteiger partial charge on any atom is -0.497 e. The van der Waals surface area contributed by atoms with Crippen LogP contribution in [0.15, 0.2) is 24.3 Å². The summed E-state index contributed by atoms with van der Waals surface area (Å²) in [5.74, 6) is 1.27. The smallest absolute Gasteiger partial charge is 0.242 e. The van der Waals surface area contributed by atoms with E-state index in [1.54, 1.807) is 19.1 Å². The molecule has 0 aromatic heterocycles. The molecule has 23 heavy (non-hydrogen) atoms. The molecule has 1 aromatic carbocycles. The molecule has 5 nitrogen and oxygen atoms in total. The Hall–Kier alpha value is -2.04. The van der Waals surface area contributed by atoms with Gasteiger partial charge in [-0.15, -0.1) is 0 Å². The lowest BCUT2D eigenvalue weighted by Gasteiger charge is -2.21. The maximum absolute atomic E-state index is 12.5. The fourth-order valence-electron chi connectivity index (χ4n) is 3.32. The Balaban J connectivity index is 1.53. The van der Waals surface area contributed by atoms with Gasteiger partial charge in [0.15, 0.2) is 0 Å². The molecule has 2 amide bonds. The van der Waals surface area contributed by atoms with Gasteiger partial charge < -0.3 is 14.5 Å². The van der Waals surface area contributed by atoms with E-state index >= 15 is 0 Å². The summed E-state index contributed by atoms with van der Waals surface area (Å²) >= 11 is 0. The molecule has 0 bridgehead atoms. The normalized spacial score (nSPS) is 22.8. The average molecular weight is 316 g/mol. The number of carbonyl (C=O) groups excluding carboxylic acids is 2. The zero-order chi connectivity index (χ0) is 16.4. The molecule has 0 unspecified atom stereocenters. The predicted molar refractivity (Wildman–Crippen MR) is 87.3 cm³/mol. The van der Waals surface area contributed by atoms with Crippen molar-refractivity contribution < 1.29 is 14.3 Å². The summed E-state index contributed by atoms with van der Waals surface area (Å²) in [5, 5.41) is 0. The van der Waals surface area contributed by atoms with Crippen molar-refractivity contribution in [3.8, 4) is 5.75 Å². The molecule has 0 spiro atoms. The summed E-state index contributed by atoms with van der Waals surface area (Å²) in [6.45, 7) is 1.86. The highest BCUT2D eigenvalue weighted by Gasteiger charge is 2.45. The van der Waals surface area contributed by atoms with E-state index in [0.29, 0.717) is 0 Å². The third-order valence-electron chi connectivity index (χ3n) is 4.86. The van der Waals surface area contributed by atoms with Crippen LogP contribution >= 0.6 is 0 Å². The van der Waals surface area contributed by atoms with E-state index in [-0.39, 0.29) is 30.2 Å². The van der Waals surface area contributed by atoms with E-state index in [4.69, 9.17) is 4.74 Å². The number of hydrogen-bond donors (Lipinski definition) is 0. The monoisotopic (exact) mass is 316 g/mol. The van der Waals surface area contributed by atoms with Crippen molar-refractivity contribution in [3.63, 3.8) is 0 Å². The lowest BCUT2D eigenvalue weighted by molar-refractivity contribution is -0.139. The summed E-state index contributed by atoms with van der Waals surface area (Å²) in [5.41, 5.74) is 1.17. The largest absolute Gasteiger partial charge is 0.497 e. The van der Waals surface area contributed by atoms with Crippen molar-refractivity contribution in [1.82, 2.24) is 9.80 Å². The quantitative estimate of drug-likeness (QED) is 0.833. The minimum absolute atomic E-state index is 0.0137. The molecule has 5 heteroatoms. The molecule has 124 valence electrons. The second kappa shape index (κ2) is 6.60. The molecule has 1 saturated carbocycles. The number of carbonyl (C=O) groups is 2. The van der Waals surface area contributed by atoms with Crippen LogP contribution in [0.4, 0.5) is 0 Å². The number of methoxy groups -OCH3 is 1. The number of likely N-dealkylation sites (tertiary alicyclic amines) is 1. The minimum atomic E-state index is 0.0137. The Labute approximate surface area is 137 Å². The summed E-state index contributed by atoms with van der Waals surface area (Å²) in [6, 6.07) is 7.89. The van der Waals surface area contributed by atoms with Crippen LogP contribution in [0.3, 0.4) is 0 Å². The second-order valence-corrected chi connectivity index (χ2v) is 6.50. The third kappa shape index (κ3) is 3.49. The number of amides is 2. The zero-order valence-corrected chi connectivity index (χ0v) is 13.8. The summed E-state index contributed by atoms with van der Waals surface area (Å²) in [4.78, 5) is 28.1. The first-order valence-electron chi connectivity index (χ1n) is 8.27. The van der Waals surface area contributed by atoms with Crippen LogP contribution in [0, 0.1) is 5.92 Å². The number of nitrogens with zero attached hydrogens (tertiary/aromatic N) is 2. The molecule has 3 rings (SSSR count). The SMILES string of the molecule is COc1ccc([C@@H]2C[C@H]2C(=O)N(C)CC(=O)N2CCCC2)cc1. The van der Waals surface area contributed by atoms with Gasteiger partial charge in [0.25, 0.3) is 0 Å². The standard InChI is InChI=1S/C18H24N2O3/c1-19(12-17(21)20-9-3-4-10-20)18(22)16-11-15(16)13-5-7-14(23-2)8-6-13/h5-8,15-16H,3-4,9-12H2,1-2H3/t15-,16+/m0/s1. The number of ether oxygens (including phenoxy) is 1. The zero-order valence-electron chi connectivity index (χ0n) is 13.8. The Morgan fingerprint density at radius 2 is 1.87 bits per heavy atom. The van der Waals surface area contributed by atoms with Gasteiger partial charge in [-0.1, -0.05) is 12.1 Å².